The Morgan fingerprint density at radius 1 is 1.03 bits per heavy atom. The fourth-order valence-corrected chi connectivity index (χ4v) is 5.41. The van der Waals surface area contributed by atoms with Crippen LogP contribution in [-0.2, 0) is 20.2 Å². The van der Waals surface area contributed by atoms with Gasteiger partial charge in [0, 0.05) is 24.1 Å². The summed E-state index contributed by atoms with van der Waals surface area (Å²) >= 11 is 0. The number of hydrogen-bond acceptors (Lipinski definition) is 5. The number of sulfonamides is 1. The van der Waals surface area contributed by atoms with Gasteiger partial charge in [0.2, 0.25) is 5.91 Å². The number of carbonyl (C=O) groups excluding carboxylic acids is 2. The minimum atomic E-state index is -4.46. The van der Waals surface area contributed by atoms with Crippen LogP contribution in [0.15, 0.2) is 59.8 Å². The molecular weight excluding hydrogens is 466 g/mol. The molecule has 1 fully saturated rings. The van der Waals surface area contributed by atoms with E-state index in [4.69, 9.17) is 0 Å². The number of amides is 2. The standard InChI is InChI=1S/C23H18F2N4O4S/c24-13-2-3-19(18(25)10-13)34(32,33)29-15-11-16(21(30)27-14-4-8-26-9-5-14)20-17(12-15)23(6-1-7-23)22(31)28-20/h2-5,8-12,29H,1,6-7H2,(H,28,31)(H,26,27,30). The molecule has 1 aliphatic carbocycles. The first-order chi connectivity index (χ1) is 16.2. The molecule has 0 atom stereocenters. The molecule has 0 bridgehead atoms. The van der Waals surface area contributed by atoms with E-state index in [0.717, 1.165) is 18.6 Å². The molecule has 11 heteroatoms. The minimum Gasteiger partial charge on any atom is -0.324 e. The van der Waals surface area contributed by atoms with E-state index in [2.05, 4.69) is 20.3 Å². The molecule has 1 spiro atoms. The van der Waals surface area contributed by atoms with Gasteiger partial charge in [-0.1, -0.05) is 6.42 Å². The maximum atomic E-state index is 14.2. The van der Waals surface area contributed by atoms with Crippen LogP contribution in [-0.4, -0.2) is 25.2 Å². The van der Waals surface area contributed by atoms with Crippen molar-refractivity contribution in [2.75, 3.05) is 15.4 Å². The van der Waals surface area contributed by atoms with Crippen LogP contribution in [0.2, 0.25) is 0 Å². The van der Waals surface area contributed by atoms with Gasteiger partial charge >= 0.3 is 0 Å². The Labute approximate surface area is 193 Å². The quantitative estimate of drug-likeness (QED) is 0.510. The highest BCUT2D eigenvalue weighted by Gasteiger charge is 2.52. The van der Waals surface area contributed by atoms with Gasteiger partial charge in [0.05, 0.1) is 22.4 Å². The van der Waals surface area contributed by atoms with Gasteiger partial charge in [0.25, 0.3) is 15.9 Å². The molecule has 5 rings (SSSR count). The summed E-state index contributed by atoms with van der Waals surface area (Å²) in [4.78, 5) is 29.0. The number of anilines is 3. The van der Waals surface area contributed by atoms with Crippen molar-refractivity contribution < 1.29 is 26.8 Å². The lowest BCUT2D eigenvalue weighted by Crippen LogP contribution is -2.40. The van der Waals surface area contributed by atoms with Crippen molar-refractivity contribution in [3.05, 3.63) is 77.6 Å². The van der Waals surface area contributed by atoms with Crippen molar-refractivity contribution in [1.29, 1.82) is 0 Å². The van der Waals surface area contributed by atoms with E-state index in [1.807, 2.05) is 0 Å². The van der Waals surface area contributed by atoms with Crippen molar-refractivity contribution in [3.63, 3.8) is 0 Å². The normalized spacial score (nSPS) is 15.9. The Hall–Kier alpha value is -3.86. The number of aromatic nitrogens is 1. The van der Waals surface area contributed by atoms with E-state index < -0.39 is 37.9 Å². The van der Waals surface area contributed by atoms with Crippen LogP contribution < -0.4 is 15.4 Å². The van der Waals surface area contributed by atoms with E-state index in [1.165, 1.54) is 24.5 Å². The molecule has 34 heavy (non-hydrogen) atoms. The highest BCUT2D eigenvalue weighted by atomic mass is 32.2. The third-order valence-electron chi connectivity index (χ3n) is 6.15. The fourth-order valence-electron chi connectivity index (χ4n) is 4.31. The molecule has 1 aromatic heterocycles. The van der Waals surface area contributed by atoms with Gasteiger partial charge in [-0.05, 0) is 54.8 Å². The van der Waals surface area contributed by atoms with Crippen molar-refractivity contribution >= 4 is 38.9 Å². The van der Waals surface area contributed by atoms with E-state index in [1.54, 1.807) is 12.1 Å². The summed E-state index contributed by atoms with van der Waals surface area (Å²) in [5.74, 6) is -3.00. The monoisotopic (exact) mass is 484 g/mol. The fraction of sp³-hybridized carbons (Fsp3) is 0.174. The van der Waals surface area contributed by atoms with Crippen molar-refractivity contribution in [3.8, 4) is 0 Å². The molecular formula is C23H18F2N4O4S. The number of pyridine rings is 1. The molecule has 2 aliphatic rings. The van der Waals surface area contributed by atoms with Crippen LogP contribution in [0, 0.1) is 11.6 Å². The summed E-state index contributed by atoms with van der Waals surface area (Å²) in [6, 6.07) is 8.02. The number of benzene rings is 2. The maximum Gasteiger partial charge on any atom is 0.264 e. The van der Waals surface area contributed by atoms with Crippen molar-refractivity contribution in [2.24, 2.45) is 0 Å². The lowest BCUT2D eigenvalue weighted by atomic mass is 9.65. The van der Waals surface area contributed by atoms with Crippen molar-refractivity contribution in [2.45, 2.75) is 29.6 Å². The Bertz CT molecular complexity index is 1440. The number of nitrogens with zero attached hydrogens (tertiary/aromatic N) is 1. The first kappa shape index (κ1) is 22.0. The zero-order chi connectivity index (χ0) is 24.1. The van der Waals surface area contributed by atoms with Gasteiger partial charge < -0.3 is 10.6 Å². The Morgan fingerprint density at radius 3 is 2.41 bits per heavy atom. The molecule has 0 radical (unpaired) electrons. The second kappa shape index (κ2) is 7.87. The van der Waals surface area contributed by atoms with Gasteiger partial charge in [-0.25, -0.2) is 17.2 Å². The zero-order valence-corrected chi connectivity index (χ0v) is 18.4. The van der Waals surface area contributed by atoms with Crippen LogP contribution in [0.1, 0.15) is 35.2 Å². The molecule has 0 unspecified atom stereocenters. The average molecular weight is 484 g/mol. The summed E-state index contributed by atoms with van der Waals surface area (Å²) in [7, 11) is -4.46. The third-order valence-corrected chi connectivity index (χ3v) is 7.57. The SMILES string of the molecule is O=C(Nc1ccncc1)c1cc(NS(=O)(=O)c2ccc(F)cc2F)cc2c1NC(=O)C21CCC1. The van der Waals surface area contributed by atoms with Crippen LogP contribution in [0.3, 0.4) is 0 Å². The number of fused-ring (bicyclic) bond motifs is 2. The Kier molecular flexibility index (Phi) is 5.08. The topological polar surface area (TPSA) is 117 Å². The first-order valence-electron chi connectivity index (χ1n) is 10.4. The molecule has 1 aliphatic heterocycles. The largest absolute Gasteiger partial charge is 0.324 e. The van der Waals surface area contributed by atoms with Gasteiger partial charge in [0.1, 0.15) is 16.5 Å². The highest BCUT2D eigenvalue weighted by molar-refractivity contribution is 7.92. The molecule has 174 valence electrons. The van der Waals surface area contributed by atoms with Crippen LogP contribution >= 0.6 is 0 Å². The van der Waals surface area contributed by atoms with Gasteiger partial charge in [-0.15, -0.1) is 0 Å². The van der Waals surface area contributed by atoms with Gasteiger partial charge in [-0.2, -0.15) is 0 Å². The van der Waals surface area contributed by atoms with Gasteiger partial charge in [0.15, 0.2) is 0 Å². The molecule has 0 saturated heterocycles. The third kappa shape index (κ3) is 3.58. The molecule has 2 heterocycles. The van der Waals surface area contributed by atoms with Gasteiger partial charge in [-0.3, -0.25) is 19.3 Å². The molecule has 2 amide bonds. The second-order valence-electron chi connectivity index (χ2n) is 8.21. The van der Waals surface area contributed by atoms with E-state index in [-0.39, 0.29) is 17.2 Å². The lowest BCUT2D eigenvalue weighted by Gasteiger charge is -2.36. The Morgan fingerprint density at radius 2 is 1.76 bits per heavy atom. The molecule has 3 aromatic rings. The number of rotatable bonds is 5. The number of hydrogen-bond donors (Lipinski definition) is 3. The maximum absolute atomic E-state index is 14.2. The summed E-state index contributed by atoms with van der Waals surface area (Å²) in [6.07, 6.45) is 4.90. The van der Waals surface area contributed by atoms with E-state index in [9.17, 15) is 26.8 Å². The lowest BCUT2D eigenvalue weighted by molar-refractivity contribution is -0.123. The first-order valence-corrected chi connectivity index (χ1v) is 11.9. The van der Waals surface area contributed by atoms with Crippen molar-refractivity contribution in [1.82, 2.24) is 4.98 Å². The average Bonchev–Trinajstić information content (AvgIpc) is 3.05. The zero-order valence-electron chi connectivity index (χ0n) is 17.6. The van der Waals surface area contributed by atoms with Crippen LogP contribution in [0.25, 0.3) is 0 Å². The predicted molar refractivity (Wildman–Crippen MR) is 120 cm³/mol. The smallest absolute Gasteiger partial charge is 0.264 e. The number of nitrogens with one attached hydrogen (secondary N) is 3. The van der Waals surface area contributed by atoms with E-state index in [0.29, 0.717) is 35.8 Å². The predicted octanol–water partition coefficient (Wildman–Crippen LogP) is 3.79. The van der Waals surface area contributed by atoms with E-state index >= 15 is 0 Å². The Balaban J connectivity index is 1.58. The summed E-state index contributed by atoms with van der Waals surface area (Å²) in [6.45, 7) is 0. The number of carbonyl (C=O) groups is 2. The summed E-state index contributed by atoms with van der Waals surface area (Å²) in [5.41, 5.74) is 0.448. The molecule has 1 saturated carbocycles. The molecule has 8 nitrogen and oxygen atoms in total. The van der Waals surface area contributed by atoms with Crippen LogP contribution in [0.4, 0.5) is 25.8 Å². The minimum absolute atomic E-state index is 0.0230. The second-order valence-corrected chi connectivity index (χ2v) is 9.86. The number of halogens is 2. The summed E-state index contributed by atoms with van der Waals surface area (Å²) < 4.78 is 55.4. The molecule has 3 N–H and O–H groups in total. The highest BCUT2D eigenvalue weighted by Crippen LogP contribution is 2.53. The summed E-state index contributed by atoms with van der Waals surface area (Å²) in [5, 5.41) is 5.47. The molecule has 2 aromatic carbocycles. The van der Waals surface area contributed by atoms with Crippen LogP contribution in [0.5, 0.6) is 0 Å².